The molecule has 4 nitrogen and oxygen atoms in total. The van der Waals surface area contributed by atoms with Gasteiger partial charge in [-0.3, -0.25) is 10.1 Å². The highest BCUT2D eigenvalue weighted by Crippen LogP contribution is 2.27. The number of aryl methyl sites for hydroxylation is 1. The molecule has 0 aliphatic rings. The third-order valence-corrected chi connectivity index (χ3v) is 3.89. The van der Waals surface area contributed by atoms with E-state index in [0.717, 1.165) is 22.1 Å². The van der Waals surface area contributed by atoms with Gasteiger partial charge in [0.1, 0.15) is 0 Å². The Hall–Kier alpha value is -1.88. The molecule has 0 saturated carbocycles. The Kier molecular flexibility index (Phi) is 4.96. The second-order valence-corrected chi connectivity index (χ2v) is 5.79. The number of benzene rings is 2. The number of nitrogens with one attached hydrogen (secondary N) is 1. The third kappa shape index (κ3) is 3.82. The monoisotopic (exact) mass is 348 g/mol. The van der Waals surface area contributed by atoms with E-state index in [2.05, 4.69) is 34.2 Å². The van der Waals surface area contributed by atoms with E-state index >= 15 is 0 Å². The molecule has 21 heavy (non-hydrogen) atoms. The first-order chi connectivity index (χ1) is 10.0. The summed E-state index contributed by atoms with van der Waals surface area (Å²) < 4.78 is 1.05. The van der Waals surface area contributed by atoms with Crippen molar-refractivity contribution in [2.75, 3.05) is 5.32 Å². The molecule has 0 bridgehead atoms. The van der Waals surface area contributed by atoms with Gasteiger partial charge in [0, 0.05) is 28.3 Å². The van der Waals surface area contributed by atoms with Crippen LogP contribution >= 0.6 is 15.9 Å². The van der Waals surface area contributed by atoms with Crippen LogP contribution in [0.25, 0.3) is 0 Å². The lowest BCUT2D eigenvalue weighted by Gasteiger charge is -2.18. The van der Waals surface area contributed by atoms with E-state index in [1.807, 2.05) is 25.1 Å². The minimum atomic E-state index is -0.368. The van der Waals surface area contributed by atoms with Gasteiger partial charge in [0.15, 0.2) is 0 Å². The summed E-state index contributed by atoms with van der Waals surface area (Å²) in [6.45, 7) is 4.10. The van der Waals surface area contributed by atoms with Gasteiger partial charge in [-0.25, -0.2) is 0 Å². The van der Waals surface area contributed by atoms with Gasteiger partial charge in [-0.2, -0.15) is 0 Å². The Morgan fingerprint density at radius 3 is 2.71 bits per heavy atom. The molecule has 0 spiro atoms. The van der Waals surface area contributed by atoms with E-state index in [0.29, 0.717) is 0 Å². The van der Waals surface area contributed by atoms with Crippen molar-refractivity contribution in [2.24, 2.45) is 0 Å². The number of nitro groups is 1. The molecule has 0 amide bonds. The van der Waals surface area contributed by atoms with Gasteiger partial charge in [0.2, 0.25) is 0 Å². The first-order valence-electron chi connectivity index (χ1n) is 6.80. The highest BCUT2D eigenvalue weighted by Gasteiger charge is 2.12. The molecular weight excluding hydrogens is 332 g/mol. The van der Waals surface area contributed by atoms with Crippen molar-refractivity contribution in [2.45, 2.75) is 26.3 Å². The van der Waals surface area contributed by atoms with Gasteiger partial charge in [-0.1, -0.05) is 35.0 Å². The minimum Gasteiger partial charge on any atom is -0.378 e. The average Bonchev–Trinajstić information content (AvgIpc) is 2.49. The number of halogens is 1. The quantitative estimate of drug-likeness (QED) is 0.604. The zero-order valence-electron chi connectivity index (χ0n) is 12.0. The van der Waals surface area contributed by atoms with Gasteiger partial charge >= 0.3 is 0 Å². The largest absolute Gasteiger partial charge is 0.378 e. The maximum Gasteiger partial charge on any atom is 0.269 e. The number of hydrogen-bond donors (Lipinski definition) is 1. The Bertz CT molecular complexity index is 658. The standard InChI is InChI=1S/C16H17BrN2O2/c1-3-12-9-14(17)7-8-16(12)18-11(2)13-5-4-6-15(10-13)19(20)21/h4-11,18H,3H2,1-2H3. The van der Waals surface area contributed by atoms with Crippen LogP contribution in [0.4, 0.5) is 11.4 Å². The predicted molar refractivity (Wildman–Crippen MR) is 88.7 cm³/mol. The van der Waals surface area contributed by atoms with Gasteiger partial charge in [-0.05, 0) is 42.7 Å². The Morgan fingerprint density at radius 2 is 2.05 bits per heavy atom. The number of nitro benzene ring substituents is 1. The van der Waals surface area contributed by atoms with Crippen molar-refractivity contribution in [3.8, 4) is 0 Å². The van der Waals surface area contributed by atoms with E-state index in [-0.39, 0.29) is 16.7 Å². The van der Waals surface area contributed by atoms with Crippen LogP contribution in [0.2, 0.25) is 0 Å². The van der Waals surface area contributed by atoms with Crippen molar-refractivity contribution < 1.29 is 4.92 Å². The molecule has 2 aromatic carbocycles. The summed E-state index contributed by atoms with van der Waals surface area (Å²) in [6, 6.07) is 12.8. The summed E-state index contributed by atoms with van der Waals surface area (Å²) >= 11 is 3.47. The smallest absolute Gasteiger partial charge is 0.269 e. The van der Waals surface area contributed by atoms with E-state index in [9.17, 15) is 10.1 Å². The van der Waals surface area contributed by atoms with Crippen LogP contribution < -0.4 is 5.32 Å². The molecule has 1 N–H and O–H groups in total. The zero-order chi connectivity index (χ0) is 15.4. The number of anilines is 1. The molecular formula is C16H17BrN2O2. The number of non-ortho nitro benzene ring substituents is 1. The fraction of sp³-hybridized carbons (Fsp3) is 0.250. The molecule has 0 aliphatic heterocycles. The van der Waals surface area contributed by atoms with E-state index in [4.69, 9.17) is 0 Å². The molecule has 110 valence electrons. The molecule has 0 heterocycles. The predicted octanol–water partition coefficient (Wildman–Crippen LogP) is 5.09. The summed E-state index contributed by atoms with van der Waals surface area (Å²) in [7, 11) is 0. The normalized spacial score (nSPS) is 12.0. The van der Waals surface area contributed by atoms with E-state index < -0.39 is 0 Å². The van der Waals surface area contributed by atoms with Crippen molar-refractivity contribution >= 4 is 27.3 Å². The lowest BCUT2D eigenvalue weighted by molar-refractivity contribution is -0.384. The maximum atomic E-state index is 10.9. The molecule has 0 aromatic heterocycles. The summed E-state index contributed by atoms with van der Waals surface area (Å²) in [5.41, 5.74) is 3.28. The van der Waals surface area contributed by atoms with Crippen LogP contribution in [-0.4, -0.2) is 4.92 Å². The Labute approximate surface area is 132 Å². The van der Waals surface area contributed by atoms with Gasteiger partial charge in [-0.15, -0.1) is 0 Å². The van der Waals surface area contributed by atoms with Crippen molar-refractivity contribution in [3.63, 3.8) is 0 Å². The van der Waals surface area contributed by atoms with Crippen LogP contribution in [0.1, 0.15) is 31.0 Å². The zero-order valence-corrected chi connectivity index (χ0v) is 13.6. The summed E-state index contributed by atoms with van der Waals surface area (Å²) in [6.07, 6.45) is 0.920. The highest BCUT2D eigenvalue weighted by atomic mass is 79.9. The summed E-state index contributed by atoms with van der Waals surface area (Å²) in [4.78, 5) is 10.5. The van der Waals surface area contributed by atoms with Crippen LogP contribution in [0.5, 0.6) is 0 Å². The molecule has 0 aliphatic carbocycles. The molecule has 0 fully saturated rings. The van der Waals surface area contributed by atoms with Crippen LogP contribution in [0.3, 0.4) is 0 Å². The lowest BCUT2D eigenvalue weighted by atomic mass is 10.1. The average molecular weight is 349 g/mol. The van der Waals surface area contributed by atoms with Gasteiger partial charge in [0.05, 0.1) is 4.92 Å². The van der Waals surface area contributed by atoms with Crippen LogP contribution in [0.15, 0.2) is 46.9 Å². The molecule has 2 aromatic rings. The summed E-state index contributed by atoms with van der Waals surface area (Å²) in [5.74, 6) is 0. The van der Waals surface area contributed by atoms with Gasteiger partial charge in [0.25, 0.3) is 5.69 Å². The molecule has 1 atom stereocenters. The number of hydrogen-bond acceptors (Lipinski definition) is 3. The number of nitrogens with zero attached hydrogens (tertiary/aromatic N) is 1. The van der Waals surface area contributed by atoms with Crippen molar-refractivity contribution in [1.82, 2.24) is 0 Å². The van der Waals surface area contributed by atoms with Crippen LogP contribution in [-0.2, 0) is 6.42 Å². The van der Waals surface area contributed by atoms with Crippen molar-refractivity contribution in [3.05, 3.63) is 68.2 Å². The highest BCUT2D eigenvalue weighted by molar-refractivity contribution is 9.10. The lowest BCUT2D eigenvalue weighted by Crippen LogP contribution is -2.08. The van der Waals surface area contributed by atoms with E-state index in [1.165, 1.54) is 11.6 Å². The second kappa shape index (κ2) is 6.72. The van der Waals surface area contributed by atoms with Crippen LogP contribution in [0, 0.1) is 10.1 Å². The minimum absolute atomic E-state index is 0.00336. The molecule has 1 unspecified atom stereocenters. The maximum absolute atomic E-state index is 10.9. The molecule has 2 rings (SSSR count). The number of rotatable bonds is 5. The summed E-state index contributed by atoms with van der Waals surface area (Å²) in [5, 5.41) is 14.3. The topological polar surface area (TPSA) is 55.2 Å². The van der Waals surface area contributed by atoms with E-state index in [1.54, 1.807) is 12.1 Å². The third-order valence-electron chi connectivity index (χ3n) is 3.40. The molecule has 0 saturated heterocycles. The fourth-order valence-corrected chi connectivity index (χ4v) is 2.63. The molecule has 5 heteroatoms. The first-order valence-corrected chi connectivity index (χ1v) is 7.60. The van der Waals surface area contributed by atoms with Gasteiger partial charge < -0.3 is 5.32 Å². The molecule has 0 radical (unpaired) electrons. The van der Waals surface area contributed by atoms with Crippen molar-refractivity contribution in [1.29, 1.82) is 0 Å². The Balaban J connectivity index is 2.23. The SMILES string of the molecule is CCc1cc(Br)ccc1NC(C)c1cccc([N+](=O)[O-])c1. The second-order valence-electron chi connectivity index (χ2n) is 4.87. The fourth-order valence-electron chi connectivity index (χ4n) is 2.22. The first kappa shape index (κ1) is 15.5. The Morgan fingerprint density at radius 1 is 1.29 bits per heavy atom.